The number of aromatic nitrogens is 3. The minimum absolute atomic E-state index is 0.222. The van der Waals surface area contributed by atoms with Gasteiger partial charge in [0.05, 0.1) is 0 Å². The van der Waals surface area contributed by atoms with Crippen molar-refractivity contribution >= 4 is 33.2 Å². The molecule has 106 valence electrons. The largest absolute Gasteiger partial charge is 0.433 e. The molecular weight excluding hydrogens is 361 g/mol. The van der Waals surface area contributed by atoms with E-state index in [-0.39, 0.29) is 17.4 Å². The van der Waals surface area contributed by atoms with Gasteiger partial charge in [0.1, 0.15) is 10.8 Å². The third-order valence-electron chi connectivity index (χ3n) is 2.25. The van der Waals surface area contributed by atoms with Gasteiger partial charge in [0.25, 0.3) is 0 Å². The topological polar surface area (TPSA) is 50.7 Å². The van der Waals surface area contributed by atoms with Gasteiger partial charge in [0, 0.05) is 30.2 Å². The van der Waals surface area contributed by atoms with Crippen molar-refractivity contribution in [2.45, 2.75) is 12.7 Å². The molecule has 0 aliphatic heterocycles. The standard InChI is InChI=1S/C11H7BrClF3N4/c12-10-18-4-6(5-19-10)3-17-7-1-8(11(14,15)16)20-9(13)2-7/h1-2,4-5H,3H2,(H,17,20). The van der Waals surface area contributed by atoms with E-state index in [1.165, 1.54) is 6.07 Å². The maximum Gasteiger partial charge on any atom is 0.433 e. The van der Waals surface area contributed by atoms with Crippen molar-refractivity contribution in [3.8, 4) is 0 Å². The van der Waals surface area contributed by atoms with E-state index in [4.69, 9.17) is 11.6 Å². The van der Waals surface area contributed by atoms with Crippen molar-refractivity contribution in [3.05, 3.63) is 45.7 Å². The van der Waals surface area contributed by atoms with Crippen LogP contribution in [0.25, 0.3) is 0 Å². The SMILES string of the molecule is FC(F)(F)c1cc(NCc2cnc(Br)nc2)cc(Cl)n1. The van der Waals surface area contributed by atoms with Crippen LogP contribution in [0.1, 0.15) is 11.3 Å². The fraction of sp³-hybridized carbons (Fsp3) is 0.182. The first-order valence-corrected chi connectivity index (χ1v) is 6.47. The Hall–Kier alpha value is -1.41. The van der Waals surface area contributed by atoms with Crippen LogP contribution in [0.3, 0.4) is 0 Å². The molecule has 0 bridgehead atoms. The molecule has 0 saturated heterocycles. The average Bonchev–Trinajstić information content (AvgIpc) is 2.36. The van der Waals surface area contributed by atoms with E-state index in [0.29, 0.717) is 4.73 Å². The highest BCUT2D eigenvalue weighted by Crippen LogP contribution is 2.30. The van der Waals surface area contributed by atoms with Crippen molar-refractivity contribution in [3.63, 3.8) is 0 Å². The molecule has 2 heterocycles. The fourth-order valence-electron chi connectivity index (χ4n) is 1.38. The predicted octanol–water partition coefficient (Wildman–Crippen LogP) is 3.92. The summed E-state index contributed by atoms with van der Waals surface area (Å²) in [6, 6.07) is 2.21. The van der Waals surface area contributed by atoms with E-state index >= 15 is 0 Å². The van der Waals surface area contributed by atoms with Crippen LogP contribution in [0.5, 0.6) is 0 Å². The maximum absolute atomic E-state index is 12.6. The Balaban J connectivity index is 2.13. The van der Waals surface area contributed by atoms with Crippen molar-refractivity contribution in [2.24, 2.45) is 0 Å². The predicted molar refractivity (Wildman–Crippen MR) is 71.3 cm³/mol. The molecule has 0 aliphatic carbocycles. The molecule has 4 nitrogen and oxygen atoms in total. The highest BCUT2D eigenvalue weighted by atomic mass is 79.9. The van der Waals surface area contributed by atoms with E-state index in [1.54, 1.807) is 12.4 Å². The number of nitrogens with zero attached hydrogens (tertiary/aromatic N) is 3. The van der Waals surface area contributed by atoms with E-state index in [9.17, 15) is 13.2 Å². The number of alkyl halides is 3. The highest BCUT2D eigenvalue weighted by molar-refractivity contribution is 9.10. The lowest BCUT2D eigenvalue weighted by Gasteiger charge is -2.10. The zero-order chi connectivity index (χ0) is 14.8. The van der Waals surface area contributed by atoms with Gasteiger partial charge in [-0.15, -0.1) is 0 Å². The van der Waals surface area contributed by atoms with E-state index < -0.39 is 11.9 Å². The second-order valence-electron chi connectivity index (χ2n) is 3.78. The molecule has 2 rings (SSSR count). The summed E-state index contributed by atoms with van der Waals surface area (Å²) in [5.74, 6) is 0. The summed E-state index contributed by atoms with van der Waals surface area (Å²) < 4.78 is 38.2. The first-order valence-electron chi connectivity index (χ1n) is 5.29. The summed E-state index contributed by atoms with van der Waals surface area (Å²) >= 11 is 8.67. The van der Waals surface area contributed by atoms with Gasteiger partial charge in [0.2, 0.25) is 0 Å². The van der Waals surface area contributed by atoms with Gasteiger partial charge in [-0.2, -0.15) is 13.2 Å². The summed E-state index contributed by atoms with van der Waals surface area (Å²) in [4.78, 5) is 11.1. The summed E-state index contributed by atoms with van der Waals surface area (Å²) in [6.07, 6.45) is -1.43. The van der Waals surface area contributed by atoms with Gasteiger partial charge < -0.3 is 5.32 Å². The molecule has 0 amide bonds. The first-order chi connectivity index (χ1) is 9.34. The average molecular weight is 368 g/mol. The van der Waals surface area contributed by atoms with Crippen LogP contribution in [-0.4, -0.2) is 15.0 Å². The second-order valence-corrected chi connectivity index (χ2v) is 4.87. The van der Waals surface area contributed by atoms with Crippen LogP contribution in [-0.2, 0) is 12.7 Å². The number of hydrogen-bond acceptors (Lipinski definition) is 4. The third-order valence-corrected chi connectivity index (χ3v) is 2.86. The van der Waals surface area contributed by atoms with Gasteiger partial charge in [-0.25, -0.2) is 15.0 Å². The number of pyridine rings is 1. The first kappa shape index (κ1) is 15.0. The Labute approximate surface area is 125 Å². The van der Waals surface area contributed by atoms with Crippen molar-refractivity contribution in [1.29, 1.82) is 0 Å². The Bertz CT molecular complexity index is 604. The Morgan fingerprint density at radius 1 is 1.20 bits per heavy atom. The fourth-order valence-corrected chi connectivity index (χ4v) is 1.79. The number of nitrogens with one attached hydrogen (secondary N) is 1. The number of rotatable bonds is 3. The van der Waals surface area contributed by atoms with Crippen molar-refractivity contribution in [1.82, 2.24) is 15.0 Å². The van der Waals surface area contributed by atoms with Crippen LogP contribution in [0.2, 0.25) is 5.15 Å². The van der Waals surface area contributed by atoms with Crippen LogP contribution < -0.4 is 5.32 Å². The number of anilines is 1. The van der Waals surface area contributed by atoms with Crippen LogP contribution >= 0.6 is 27.5 Å². The van der Waals surface area contributed by atoms with Gasteiger partial charge in [-0.3, -0.25) is 0 Å². The molecule has 0 spiro atoms. The molecule has 0 saturated carbocycles. The lowest BCUT2D eigenvalue weighted by Crippen LogP contribution is -2.09. The number of halogens is 5. The quantitative estimate of drug-likeness (QED) is 0.660. The number of hydrogen-bond donors (Lipinski definition) is 1. The van der Waals surface area contributed by atoms with Crippen molar-refractivity contribution < 1.29 is 13.2 Å². The molecule has 0 fully saturated rings. The second kappa shape index (κ2) is 5.92. The van der Waals surface area contributed by atoms with Gasteiger partial charge in [-0.1, -0.05) is 11.6 Å². The lowest BCUT2D eigenvalue weighted by molar-refractivity contribution is -0.141. The molecule has 20 heavy (non-hydrogen) atoms. The minimum atomic E-state index is -4.54. The molecule has 2 aromatic rings. The zero-order valence-electron chi connectivity index (χ0n) is 9.75. The molecule has 0 radical (unpaired) electrons. The smallest absolute Gasteiger partial charge is 0.381 e. The van der Waals surface area contributed by atoms with Crippen LogP contribution in [0, 0.1) is 0 Å². The Morgan fingerprint density at radius 2 is 1.85 bits per heavy atom. The monoisotopic (exact) mass is 366 g/mol. The zero-order valence-corrected chi connectivity index (χ0v) is 12.1. The normalized spacial score (nSPS) is 11.4. The summed E-state index contributed by atoms with van der Waals surface area (Å²) in [5, 5.41) is 2.59. The molecule has 0 unspecified atom stereocenters. The lowest BCUT2D eigenvalue weighted by atomic mass is 10.3. The molecule has 9 heteroatoms. The summed E-state index contributed by atoms with van der Waals surface area (Å²) in [6.45, 7) is 0.269. The molecule has 2 aromatic heterocycles. The molecule has 0 atom stereocenters. The Kier molecular flexibility index (Phi) is 4.44. The van der Waals surface area contributed by atoms with Crippen molar-refractivity contribution in [2.75, 3.05) is 5.32 Å². The molecule has 0 aromatic carbocycles. The van der Waals surface area contributed by atoms with Gasteiger partial charge in [-0.05, 0) is 28.1 Å². The maximum atomic E-state index is 12.6. The molecule has 1 N–H and O–H groups in total. The van der Waals surface area contributed by atoms with E-state index in [1.807, 2.05) is 0 Å². The Morgan fingerprint density at radius 3 is 2.45 bits per heavy atom. The van der Waals surface area contributed by atoms with Gasteiger partial charge in [0.15, 0.2) is 4.73 Å². The third kappa shape index (κ3) is 4.04. The molecular formula is C11H7BrClF3N4. The van der Waals surface area contributed by atoms with E-state index in [0.717, 1.165) is 11.6 Å². The summed E-state index contributed by atoms with van der Waals surface area (Å²) in [7, 11) is 0. The van der Waals surface area contributed by atoms with Crippen LogP contribution in [0.4, 0.5) is 18.9 Å². The van der Waals surface area contributed by atoms with E-state index in [2.05, 4.69) is 36.2 Å². The molecule has 0 aliphatic rings. The summed E-state index contributed by atoms with van der Waals surface area (Å²) in [5.41, 5.74) is -0.102. The minimum Gasteiger partial charge on any atom is -0.381 e. The highest BCUT2D eigenvalue weighted by Gasteiger charge is 2.33. The van der Waals surface area contributed by atoms with Crippen LogP contribution in [0.15, 0.2) is 29.3 Å². The van der Waals surface area contributed by atoms with Gasteiger partial charge >= 0.3 is 6.18 Å².